The van der Waals surface area contributed by atoms with Gasteiger partial charge in [-0.15, -0.1) is 0 Å². The fraction of sp³-hybridized carbons (Fsp3) is 0.250. The van der Waals surface area contributed by atoms with E-state index < -0.39 is 0 Å². The Morgan fingerprint density at radius 1 is 1.12 bits per heavy atom. The van der Waals surface area contributed by atoms with Crippen LogP contribution in [-0.2, 0) is 17.8 Å². The van der Waals surface area contributed by atoms with Crippen LogP contribution in [0.5, 0.6) is 0 Å². The summed E-state index contributed by atoms with van der Waals surface area (Å²) in [6.07, 6.45) is 2.35. The molecule has 0 bridgehead atoms. The predicted octanol–water partition coefficient (Wildman–Crippen LogP) is 2.84. The molecule has 0 fully saturated rings. The predicted molar refractivity (Wildman–Crippen MR) is 95.2 cm³/mol. The summed E-state index contributed by atoms with van der Waals surface area (Å²) in [5.41, 5.74) is 4.40. The van der Waals surface area contributed by atoms with E-state index >= 15 is 0 Å². The summed E-state index contributed by atoms with van der Waals surface area (Å²) in [6.45, 7) is 1.13. The Hall–Kier alpha value is -2.79. The van der Waals surface area contributed by atoms with Crippen LogP contribution in [-0.4, -0.2) is 40.5 Å². The smallest absolute Gasteiger partial charge is 0.273 e. The SMILES string of the molecule is CN(CC1Cc2ccccc2CO1)C(=O)c1cnc2ccccc2n1. The first-order valence-electron chi connectivity index (χ1n) is 8.36. The lowest BCUT2D eigenvalue weighted by Gasteiger charge is -2.28. The highest BCUT2D eigenvalue weighted by molar-refractivity contribution is 5.93. The number of hydrogen-bond donors (Lipinski definition) is 0. The largest absolute Gasteiger partial charge is 0.371 e. The van der Waals surface area contributed by atoms with Gasteiger partial charge in [0.15, 0.2) is 0 Å². The van der Waals surface area contributed by atoms with Crippen LogP contribution < -0.4 is 0 Å². The van der Waals surface area contributed by atoms with E-state index in [1.54, 1.807) is 11.9 Å². The lowest BCUT2D eigenvalue weighted by atomic mass is 9.99. The van der Waals surface area contributed by atoms with Gasteiger partial charge in [-0.25, -0.2) is 4.98 Å². The molecule has 0 N–H and O–H groups in total. The lowest BCUT2D eigenvalue weighted by Crippen LogP contribution is -2.38. The average molecular weight is 333 g/mol. The van der Waals surface area contributed by atoms with E-state index in [9.17, 15) is 4.79 Å². The van der Waals surface area contributed by atoms with Crippen molar-refractivity contribution in [2.45, 2.75) is 19.1 Å². The molecule has 1 aromatic heterocycles. The molecule has 5 heteroatoms. The number of para-hydroxylation sites is 2. The zero-order valence-corrected chi connectivity index (χ0v) is 14.1. The first-order chi connectivity index (χ1) is 12.2. The Morgan fingerprint density at radius 3 is 2.68 bits per heavy atom. The van der Waals surface area contributed by atoms with Crippen LogP contribution in [0, 0.1) is 0 Å². The van der Waals surface area contributed by atoms with Gasteiger partial charge in [0.1, 0.15) is 5.69 Å². The summed E-state index contributed by atoms with van der Waals surface area (Å²) in [5, 5.41) is 0. The maximum Gasteiger partial charge on any atom is 0.273 e. The van der Waals surface area contributed by atoms with E-state index in [2.05, 4.69) is 22.1 Å². The molecular formula is C20H19N3O2. The molecule has 0 saturated carbocycles. The topological polar surface area (TPSA) is 55.3 Å². The van der Waals surface area contributed by atoms with Crippen molar-refractivity contribution in [3.8, 4) is 0 Å². The normalized spacial score (nSPS) is 16.4. The van der Waals surface area contributed by atoms with Crippen LogP contribution in [0.3, 0.4) is 0 Å². The Bertz CT molecular complexity index is 925. The van der Waals surface area contributed by atoms with Gasteiger partial charge in [0.2, 0.25) is 0 Å². The van der Waals surface area contributed by atoms with Crippen LogP contribution in [0.25, 0.3) is 11.0 Å². The number of benzene rings is 2. The number of fused-ring (bicyclic) bond motifs is 2. The van der Waals surface area contributed by atoms with Gasteiger partial charge in [-0.3, -0.25) is 9.78 Å². The maximum absolute atomic E-state index is 12.7. The Kier molecular flexibility index (Phi) is 4.15. The number of nitrogens with zero attached hydrogens (tertiary/aromatic N) is 3. The summed E-state index contributed by atoms with van der Waals surface area (Å²) in [7, 11) is 1.78. The highest BCUT2D eigenvalue weighted by Gasteiger charge is 2.23. The summed E-state index contributed by atoms with van der Waals surface area (Å²) >= 11 is 0. The number of likely N-dealkylation sites (N-methyl/N-ethyl adjacent to an activating group) is 1. The molecule has 3 aromatic rings. The Morgan fingerprint density at radius 2 is 1.84 bits per heavy atom. The van der Waals surface area contributed by atoms with Gasteiger partial charge in [-0.1, -0.05) is 36.4 Å². The first-order valence-corrected chi connectivity index (χ1v) is 8.36. The first kappa shape index (κ1) is 15.7. The van der Waals surface area contributed by atoms with Crippen LogP contribution in [0.4, 0.5) is 0 Å². The minimum atomic E-state index is -0.138. The molecule has 0 aliphatic carbocycles. The van der Waals surface area contributed by atoms with Gasteiger partial charge in [-0.2, -0.15) is 0 Å². The van der Waals surface area contributed by atoms with Gasteiger partial charge in [0, 0.05) is 20.0 Å². The molecule has 1 amide bonds. The number of aromatic nitrogens is 2. The summed E-state index contributed by atoms with van der Waals surface area (Å²) in [6, 6.07) is 15.8. The quantitative estimate of drug-likeness (QED) is 0.739. The van der Waals surface area contributed by atoms with Gasteiger partial charge in [-0.05, 0) is 23.3 Å². The van der Waals surface area contributed by atoms with Crippen molar-refractivity contribution in [2.24, 2.45) is 0 Å². The maximum atomic E-state index is 12.7. The number of hydrogen-bond acceptors (Lipinski definition) is 4. The molecule has 0 spiro atoms. The van der Waals surface area contributed by atoms with E-state index in [4.69, 9.17) is 4.74 Å². The number of ether oxygens (including phenoxy) is 1. The molecule has 25 heavy (non-hydrogen) atoms. The third-order valence-electron chi connectivity index (χ3n) is 4.53. The zero-order valence-electron chi connectivity index (χ0n) is 14.1. The molecule has 126 valence electrons. The molecule has 1 unspecified atom stereocenters. The summed E-state index contributed by atoms with van der Waals surface area (Å²) < 4.78 is 5.90. The second-order valence-electron chi connectivity index (χ2n) is 6.34. The minimum Gasteiger partial charge on any atom is -0.371 e. The molecular weight excluding hydrogens is 314 g/mol. The third kappa shape index (κ3) is 3.23. The fourth-order valence-electron chi connectivity index (χ4n) is 3.17. The van der Waals surface area contributed by atoms with Gasteiger partial charge in [0.05, 0.1) is 29.9 Å². The van der Waals surface area contributed by atoms with Crippen LogP contribution in [0.1, 0.15) is 21.6 Å². The van der Waals surface area contributed by atoms with E-state index in [1.807, 2.05) is 36.4 Å². The Balaban J connectivity index is 1.47. The molecule has 4 rings (SSSR count). The number of amides is 1. The Labute approximate surface area is 146 Å². The minimum absolute atomic E-state index is 0.00253. The molecule has 1 aliphatic rings. The monoisotopic (exact) mass is 333 g/mol. The number of carbonyl (C=O) groups excluding carboxylic acids is 1. The standard InChI is InChI=1S/C20H19N3O2/c1-23(12-16-10-14-6-2-3-7-15(14)13-25-16)20(24)19-11-21-17-8-4-5-9-18(17)22-19/h2-9,11,16H,10,12-13H2,1H3. The second kappa shape index (κ2) is 6.61. The molecule has 2 aromatic carbocycles. The van der Waals surface area contributed by atoms with E-state index in [0.717, 1.165) is 17.5 Å². The van der Waals surface area contributed by atoms with Crippen LogP contribution in [0.15, 0.2) is 54.7 Å². The van der Waals surface area contributed by atoms with E-state index in [-0.39, 0.29) is 12.0 Å². The third-order valence-corrected chi connectivity index (χ3v) is 4.53. The summed E-state index contributed by atoms with van der Waals surface area (Å²) in [4.78, 5) is 23.1. The van der Waals surface area contributed by atoms with Crippen molar-refractivity contribution in [3.63, 3.8) is 0 Å². The summed E-state index contributed by atoms with van der Waals surface area (Å²) in [5.74, 6) is -0.138. The highest BCUT2D eigenvalue weighted by atomic mass is 16.5. The lowest BCUT2D eigenvalue weighted by molar-refractivity contribution is 0.00972. The van der Waals surface area contributed by atoms with Gasteiger partial charge >= 0.3 is 0 Å². The fourth-order valence-corrected chi connectivity index (χ4v) is 3.17. The molecule has 0 saturated heterocycles. The molecule has 0 radical (unpaired) electrons. The van der Waals surface area contributed by atoms with Crippen molar-refractivity contribution in [1.82, 2.24) is 14.9 Å². The van der Waals surface area contributed by atoms with Crippen molar-refractivity contribution in [1.29, 1.82) is 0 Å². The second-order valence-corrected chi connectivity index (χ2v) is 6.34. The van der Waals surface area contributed by atoms with Crippen LogP contribution in [0.2, 0.25) is 0 Å². The van der Waals surface area contributed by atoms with Gasteiger partial charge < -0.3 is 9.64 Å². The van der Waals surface area contributed by atoms with Crippen molar-refractivity contribution >= 4 is 16.9 Å². The molecule has 1 aliphatic heterocycles. The van der Waals surface area contributed by atoms with Crippen LogP contribution >= 0.6 is 0 Å². The zero-order chi connectivity index (χ0) is 17.2. The molecule has 5 nitrogen and oxygen atoms in total. The van der Waals surface area contributed by atoms with Gasteiger partial charge in [0.25, 0.3) is 5.91 Å². The van der Waals surface area contributed by atoms with E-state index in [0.29, 0.717) is 18.8 Å². The van der Waals surface area contributed by atoms with Crippen molar-refractivity contribution in [2.75, 3.05) is 13.6 Å². The van der Waals surface area contributed by atoms with Crippen molar-refractivity contribution in [3.05, 3.63) is 71.5 Å². The molecule has 2 heterocycles. The molecule has 1 atom stereocenters. The highest BCUT2D eigenvalue weighted by Crippen LogP contribution is 2.21. The average Bonchev–Trinajstić information content (AvgIpc) is 2.67. The van der Waals surface area contributed by atoms with E-state index in [1.165, 1.54) is 17.3 Å². The number of carbonyl (C=O) groups is 1. The van der Waals surface area contributed by atoms with Crippen molar-refractivity contribution < 1.29 is 9.53 Å². The number of rotatable bonds is 3.